The van der Waals surface area contributed by atoms with Gasteiger partial charge in [0, 0.05) is 16.8 Å². The van der Waals surface area contributed by atoms with Crippen molar-refractivity contribution in [2.45, 2.75) is 18.0 Å². The Morgan fingerprint density at radius 3 is 2.21 bits per heavy atom. The lowest BCUT2D eigenvalue weighted by Crippen LogP contribution is -2.16. The highest BCUT2D eigenvalue weighted by atomic mass is 32.2. The van der Waals surface area contributed by atoms with Crippen molar-refractivity contribution < 1.29 is 35.3 Å². The highest BCUT2D eigenvalue weighted by Crippen LogP contribution is 2.38. The molecule has 7 nitrogen and oxygen atoms in total. The number of carbonyl (C=O) groups excluding carboxylic acids is 1. The van der Waals surface area contributed by atoms with E-state index < -0.39 is 39.1 Å². The van der Waals surface area contributed by atoms with Crippen molar-refractivity contribution in [1.29, 1.82) is 0 Å². The Labute approximate surface area is 249 Å². The van der Waals surface area contributed by atoms with Gasteiger partial charge >= 0.3 is 6.18 Å². The molecular formula is C29H16F4N3O4S3-. The zero-order valence-electron chi connectivity index (χ0n) is 21.7. The second-order valence-electron chi connectivity index (χ2n) is 9.46. The highest BCUT2D eigenvalue weighted by Gasteiger charge is 2.32. The fourth-order valence-corrected chi connectivity index (χ4v) is 7.74. The van der Waals surface area contributed by atoms with E-state index in [1.807, 2.05) is 6.07 Å². The summed E-state index contributed by atoms with van der Waals surface area (Å²) < 4.78 is 89.8. The molecule has 1 N–H and O–H groups in total. The van der Waals surface area contributed by atoms with Crippen LogP contribution in [-0.4, -0.2) is 28.8 Å². The van der Waals surface area contributed by atoms with Gasteiger partial charge in [-0.3, -0.25) is 4.79 Å². The van der Waals surface area contributed by atoms with Gasteiger partial charge in [-0.25, -0.2) is 22.8 Å². The van der Waals surface area contributed by atoms with Gasteiger partial charge in [0.1, 0.15) is 26.0 Å². The number of aryl methyl sites for hydroxylation is 1. The maximum atomic E-state index is 14.1. The molecule has 14 heteroatoms. The maximum Gasteiger partial charge on any atom is 0.416 e. The number of amides is 1. The third-order valence-electron chi connectivity index (χ3n) is 6.52. The Morgan fingerprint density at radius 2 is 1.51 bits per heavy atom. The molecule has 0 radical (unpaired) electrons. The zero-order valence-corrected chi connectivity index (χ0v) is 24.1. The molecule has 0 spiro atoms. The van der Waals surface area contributed by atoms with Gasteiger partial charge < -0.3 is 9.87 Å². The molecule has 2 heterocycles. The monoisotopic (exact) mass is 642 g/mol. The minimum Gasteiger partial charge on any atom is -0.744 e. The van der Waals surface area contributed by atoms with Crippen molar-refractivity contribution in [2.24, 2.45) is 0 Å². The zero-order chi connectivity index (χ0) is 30.7. The van der Waals surface area contributed by atoms with E-state index in [1.165, 1.54) is 23.5 Å². The van der Waals surface area contributed by atoms with Gasteiger partial charge in [0.15, 0.2) is 0 Å². The van der Waals surface area contributed by atoms with E-state index in [0.717, 1.165) is 21.6 Å². The number of hydrogen-bond donors (Lipinski definition) is 1. The molecule has 6 aromatic rings. The van der Waals surface area contributed by atoms with Gasteiger partial charge in [-0.15, -0.1) is 22.7 Å². The van der Waals surface area contributed by atoms with Gasteiger partial charge in [0.05, 0.1) is 36.5 Å². The molecular weight excluding hydrogens is 627 g/mol. The molecule has 6 rings (SSSR count). The second-order valence-corrected chi connectivity index (χ2v) is 12.8. The molecule has 0 saturated heterocycles. The molecule has 1 amide bonds. The number of halogens is 4. The largest absolute Gasteiger partial charge is 0.744 e. The first-order valence-corrected chi connectivity index (χ1v) is 15.4. The van der Waals surface area contributed by atoms with E-state index in [0.29, 0.717) is 55.1 Å². The maximum absolute atomic E-state index is 14.1. The Morgan fingerprint density at radius 1 is 0.860 bits per heavy atom. The summed E-state index contributed by atoms with van der Waals surface area (Å²) in [7, 11) is -4.69. The summed E-state index contributed by atoms with van der Waals surface area (Å²) in [4.78, 5) is 21.4. The number of rotatable bonds is 5. The van der Waals surface area contributed by atoms with Crippen molar-refractivity contribution in [1.82, 2.24) is 9.97 Å². The number of carbonyl (C=O) groups is 1. The number of alkyl halides is 3. The Kier molecular flexibility index (Phi) is 7.04. The van der Waals surface area contributed by atoms with E-state index in [-0.39, 0.29) is 10.6 Å². The first kappa shape index (κ1) is 28.9. The van der Waals surface area contributed by atoms with Crippen LogP contribution < -0.4 is 5.32 Å². The number of aromatic nitrogens is 2. The molecule has 0 aliphatic carbocycles. The van der Waals surface area contributed by atoms with E-state index in [4.69, 9.17) is 0 Å². The minimum absolute atomic E-state index is 0.250. The summed E-state index contributed by atoms with van der Waals surface area (Å²) in [6.07, 6.45) is -4.72. The number of anilines is 1. The summed E-state index contributed by atoms with van der Waals surface area (Å²) in [5, 5.41) is 3.60. The molecule has 4 aromatic carbocycles. The first-order chi connectivity index (χ1) is 20.3. The van der Waals surface area contributed by atoms with Crippen LogP contribution in [0.15, 0.2) is 77.7 Å². The fraction of sp³-hybridized carbons (Fsp3) is 0.0690. The molecule has 2 aromatic heterocycles. The van der Waals surface area contributed by atoms with Gasteiger partial charge in [0.2, 0.25) is 0 Å². The quantitative estimate of drug-likeness (QED) is 0.151. The van der Waals surface area contributed by atoms with Crippen LogP contribution in [0.4, 0.5) is 23.2 Å². The van der Waals surface area contributed by atoms with Crippen LogP contribution in [0.2, 0.25) is 0 Å². The molecule has 0 aliphatic heterocycles. The van der Waals surface area contributed by atoms with Crippen LogP contribution in [-0.2, 0) is 16.3 Å². The number of nitrogens with zero attached hydrogens (tertiary/aromatic N) is 2. The van der Waals surface area contributed by atoms with Gasteiger partial charge in [0.25, 0.3) is 5.91 Å². The summed E-state index contributed by atoms with van der Waals surface area (Å²) in [6, 6.07) is 16.7. The first-order valence-electron chi connectivity index (χ1n) is 12.3. The van der Waals surface area contributed by atoms with Crippen molar-refractivity contribution in [2.75, 3.05) is 5.32 Å². The van der Waals surface area contributed by atoms with E-state index in [9.17, 15) is 35.3 Å². The van der Waals surface area contributed by atoms with Gasteiger partial charge in [-0.1, -0.05) is 6.07 Å². The summed E-state index contributed by atoms with van der Waals surface area (Å²) in [5.74, 6) is -2.10. The number of nitrogens with one attached hydrogen (secondary N) is 1. The average Bonchev–Trinajstić information content (AvgIpc) is 3.56. The smallest absolute Gasteiger partial charge is 0.416 e. The van der Waals surface area contributed by atoms with Gasteiger partial charge in [-0.05, 0) is 79.2 Å². The SMILES string of the molecule is Cc1ccc2nc(-c3ccc4nc(-c5ccc(NC(=O)c6cc(C(F)(F)F)ccc6F)cc5)sc4c3)sc2c1S(=O)(=O)[O-]. The predicted octanol–water partition coefficient (Wildman–Crippen LogP) is 7.86. The van der Waals surface area contributed by atoms with E-state index in [2.05, 4.69) is 15.3 Å². The number of fused-ring (bicyclic) bond motifs is 2. The molecule has 218 valence electrons. The molecule has 0 fully saturated rings. The van der Waals surface area contributed by atoms with Crippen molar-refractivity contribution in [3.05, 3.63) is 95.3 Å². The number of benzene rings is 4. The van der Waals surface area contributed by atoms with Crippen LogP contribution in [0.25, 0.3) is 41.6 Å². The number of thiazole rings is 2. The fourth-order valence-electron chi connectivity index (χ4n) is 4.45. The molecule has 0 saturated carbocycles. The Balaban J connectivity index is 1.25. The van der Waals surface area contributed by atoms with Crippen LogP contribution in [0.3, 0.4) is 0 Å². The average molecular weight is 643 g/mol. The van der Waals surface area contributed by atoms with Crippen LogP contribution in [0.5, 0.6) is 0 Å². The Hall–Kier alpha value is -4.24. The lowest BCUT2D eigenvalue weighted by Gasteiger charge is -2.10. The molecule has 0 aliphatic rings. The van der Waals surface area contributed by atoms with Crippen molar-refractivity contribution in [3.63, 3.8) is 0 Å². The van der Waals surface area contributed by atoms with Crippen LogP contribution in [0.1, 0.15) is 21.5 Å². The predicted molar refractivity (Wildman–Crippen MR) is 156 cm³/mol. The van der Waals surface area contributed by atoms with Gasteiger partial charge in [-0.2, -0.15) is 13.2 Å². The van der Waals surface area contributed by atoms with Crippen molar-refractivity contribution >= 4 is 64.8 Å². The Bertz CT molecular complexity index is 2170. The summed E-state index contributed by atoms with van der Waals surface area (Å²) in [6.45, 7) is 1.56. The normalized spacial score (nSPS) is 12.2. The van der Waals surface area contributed by atoms with E-state index >= 15 is 0 Å². The van der Waals surface area contributed by atoms with Crippen molar-refractivity contribution in [3.8, 4) is 21.1 Å². The third-order valence-corrected chi connectivity index (χ3v) is 9.88. The number of hydrogen-bond acceptors (Lipinski definition) is 8. The second kappa shape index (κ2) is 10.5. The lowest BCUT2D eigenvalue weighted by molar-refractivity contribution is -0.137. The standard InChI is InChI=1S/C29H17F4N3O4S3/c1-14-2-10-22-24(25(14)43(38,39)40)42-28(36-22)16-5-11-21-23(12-16)41-27(35-21)15-3-7-18(8-4-15)34-26(37)19-13-17(29(31,32)33)6-9-20(19)30/h2-13H,1H3,(H,34,37)(H,38,39,40)/p-1. The molecule has 0 unspecified atom stereocenters. The third kappa shape index (κ3) is 5.61. The topological polar surface area (TPSA) is 112 Å². The van der Waals surface area contributed by atoms with E-state index in [1.54, 1.807) is 43.3 Å². The van der Waals surface area contributed by atoms with Crippen LogP contribution >= 0.6 is 22.7 Å². The lowest BCUT2D eigenvalue weighted by atomic mass is 10.1. The minimum atomic E-state index is -4.72. The highest BCUT2D eigenvalue weighted by molar-refractivity contribution is 7.86. The summed E-state index contributed by atoms with van der Waals surface area (Å²) >= 11 is 2.49. The van der Waals surface area contributed by atoms with Crippen LogP contribution in [0, 0.1) is 12.7 Å². The molecule has 43 heavy (non-hydrogen) atoms. The summed E-state index contributed by atoms with van der Waals surface area (Å²) in [5.41, 5.74) is 1.27. The molecule has 0 bridgehead atoms. The molecule has 0 atom stereocenters.